The summed E-state index contributed by atoms with van der Waals surface area (Å²) in [5.41, 5.74) is 4.77. The number of hydrogen-bond acceptors (Lipinski definition) is 4. The Hall–Kier alpha value is -3.35. The zero-order valence-electron chi connectivity index (χ0n) is 20.2. The summed E-state index contributed by atoms with van der Waals surface area (Å²) < 4.78 is 5.58. The Morgan fingerprint density at radius 2 is 1.66 bits per heavy atom. The first-order valence-corrected chi connectivity index (χ1v) is 12.6. The Morgan fingerprint density at radius 3 is 2.26 bits per heavy atom. The van der Waals surface area contributed by atoms with Crippen LogP contribution < -0.4 is 10.6 Å². The van der Waals surface area contributed by atoms with E-state index >= 15 is 0 Å². The van der Waals surface area contributed by atoms with Gasteiger partial charge in [-0.25, -0.2) is 4.79 Å². The van der Waals surface area contributed by atoms with Crippen LogP contribution in [-0.4, -0.2) is 42.8 Å². The van der Waals surface area contributed by atoms with Crippen molar-refractivity contribution in [3.05, 3.63) is 59.7 Å². The number of ether oxygens (including phenoxy) is 1. The van der Waals surface area contributed by atoms with Gasteiger partial charge in [0.2, 0.25) is 5.91 Å². The van der Waals surface area contributed by atoms with Crippen molar-refractivity contribution < 1.29 is 24.2 Å². The number of rotatable bonds is 12. The van der Waals surface area contributed by atoms with E-state index in [1.165, 1.54) is 22.3 Å². The first-order chi connectivity index (χ1) is 17.0. The molecule has 1 saturated carbocycles. The monoisotopic (exact) mass is 478 g/mol. The summed E-state index contributed by atoms with van der Waals surface area (Å²) in [6.07, 6.45) is 3.07. The molecular weight excluding hydrogens is 444 g/mol. The van der Waals surface area contributed by atoms with Gasteiger partial charge in [-0.2, -0.15) is 0 Å². The predicted octanol–water partition coefficient (Wildman–Crippen LogP) is 4.56. The van der Waals surface area contributed by atoms with Gasteiger partial charge in [-0.1, -0.05) is 61.9 Å². The number of benzene rings is 2. The third-order valence-electron chi connectivity index (χ3n) is 7.32. The molecule has 4 rings (SSSR count). The van der Waals surface area contributed by atoms with Crippen LogP contribution in [0.5, 0.6) is 0 Å². The number of alkyl carbamates (subject to hydrolysis) is 1. The summed E-state index contributed by atoms with van der Waals surface area (Å²) in [7, 11) is 0. The fourth-order valence-electron chi connectivity index (χ4n) is 5.02. The van der Waals surface area contributed by atoms with Gasteiger partial charge in [0.1, 0.15) is 6.61 Å². The van der Waals surface area contributed by atoms with Crippen molar-refractivity contribution in [1.29, 1.82) is 0 Å². The van der Waals surface area contributed by atoms with Gasteiger partial charge in [-0.15, -0.1) is 0 Å². The van der Waals surface area contributed by atoms with Crippen molar-refractivity contribution in [2.45, 2.75) is 44.9 Å². The maximum absolute atomic E-state index is 12.3. The summed E-state index contributed by atoms with van der Waals surface area (Å²) >= 11 is 0. The van der Waals surface area contributed by atoms with Crippen LogP contribution >= 0.6 is 0 Å². The molecule has 2 aliphatic rings. The van der Waals surface area contributed by atoms with Gasteiger partial charge >= 0.3 is 12.1 Å². The molecular formula is C28H34N2O5. The van der Waals surface area contributed by atoms with Crippen LogP contribution in [0.2, 0.25) is 0 Å². The second-order valence-corrected chi connectivity index (χ2v) is 9.60. The van der Waals surface area contributed by atoms with E-state index in [1.807, 2.05) is 24.3 Å². The lowest BCUT2D eigenvalue weighted by molar-refractivity contribution is -0.139. The number of carboxylic acid groups (broad SMARTS) is 1. The van der Waals surface area contributed by atoms with Gasteiger partial charge < -0.3 is 20.5 Å². The maximum atomic E-state index is 12.3. The van der Waals surface area contributed by atoms with Crippen LogP contribution in [-0.2, 0) is 14.3 Å². The molecule has 186 valence electrons. The van der Waals surface area contributed by atoms with E-state index in [4.69, 9.17) is 9.84 Å². The maximum Gasteiger partial charge on any atom is 0.407 e. The Balaban J connectivity index is 1.15. The molecule has 2 aromatic carbocycles. The minimum Gasteiger partial charge on any atom is -0.481 e. The van der Waals surface area contributed by atoms with Gasteiger partial charge in [-0.3, -0.25) is 9.59 Å². The number of fused-ring (bicyclic) bond motifs is 3. The molecule has 1 unspecified atom stereocenters. The van der Waals surface area contributed by atoms with E-state index in [2.05, 4.69) is 41.8 Å². The molecule has 3 atom stereocenters. The molecule has 35 heavy (non-hydrogen) atoms. The normalized spacial score (nSPS) is 18.8. The number of amides is 2. The van der Waals surface area contributed by atoms with Gasteiger partial charge in [0.05, 0.1) is 5.92 Å². The van der Waals surface area contributed by atoms with Crippen LogP contribution in [0.4, 0.5) is 4.79 Å². The SMILES string of the molecule is CCC(CCNC(=O)OCC1c2ccccc2-c2ccccc21)CCC(=O)NC[C@H]1C[C@H]1C(=O)O. The predicted molar refractivity (Wildman–Crippen MR) is 133 cm³/mol. The summed E-state index contributed by atoms with van der Waals surface area (Å²) in [6, 6.07) is 16.5. The second-order valence-electron chi connectivity index (χ2n) is 9.60. The Morgan fingerprint density at radius 1 is 1.00 bits per heavy atom. The molecule has 0 heterocycles. The van der Waals surface area contributed by atoms with Crippen LogP contribution in [0.25, 0.3) is 11.1 Å². The van der Waals surface area contributed by atoms with Crippen molar-refractivity contribution in [3.8, 4) is 11.1 Å². The number of aliphatic carboxylic acids is 1. The molecule has 0 aromatic heterocycles. The van der Waals surface area contributed by atoms with Crippen LogP contribution in [0.1, 0.15) is 56.1 Å². The van der Waals surface area contributed by atoms with E-state index in [0.29, 0.717) is 38.5 Å². The van der Waals surface area contributed by atoms with E-state index < -0.39 is 12.1 Å². The summed E-state index contributed by atoms with van der Waals surface area (Å²) in [5, 5.41) is 14.6. The number of carbonyl (C=O) groups excluding carboxylic acids is 2. The zero-order chi connectivity index (χ0) is 24.8. The lowest BCUT2D eigenvalue weighted by Gasteiger charge is -2.17. The molecule has 0 bridgehead atoms. The van der Waals surface area contributed by atoms with Gasteiger partial charge in [0.15, 0.2) is 0 Å². The first kappa shape index (κ1) is 24.8. The van der Waals surface area contributed by atoms with E-state index in [9.17, 15) is 14.4 Å². The fraction of sp³-hybridized carbons (Fsp3) is 0.464. The molecule has 7 heteroatoms. The standard InChI is InChI=1S/C28H34N2O5/c1-2-18(11-12-26(31)30-16-19-15-24(19)27(32)33)13-14-29-28(34)35-17-25-22-9-5-3-7-20(22)21-8-4-6-10-23(21)25/h3-10,18-19,24-25H,2,11-17H2,1H3,(H,29,34)(H,30,31)(H,32,33)/t18?,19-,24-/m1/s1. The highest BCUT2D eigenvalue weighted by Crippen LogP contribution is 2.44. The molecule has 0 spiro atoms. The topological polar surface area (TPSA) is 105 Å². The van der Waals surface area contributed by atoms with Crippen molar-refractivity contribution in [2.75, 3.05) is 19.7 Å². The largest absolute Gasteiger partial charge is 0.481 e. The number of hydrogen-bond donors (Lipinski definition) is 3. The average molecular weight is 479 g/mol. The van der Waals surface area contributed by atoms with Crippen LogP contribution in [0.15, 0.2) is 48.5 Å². The smallest absolute Gasteiger partial charge is 0.407 e. The Kier molecular flexibility index (Phi) is 8.06. The minimum absolute atomic E-state index is 0.0380. The number of carboxylic acids is 1. The molecule has 1 fully saturated rings. The lowest BCUT2D eigenvalue weighted by Crippen LogP contribution is -2.29. The molecule has 0 radical (unpaired) electrons. The van der Waals surface area contributed by atoms with Crippen molar-refractivity contribution in [2.24, 2.45) is 17.8 Å². The van der Waals surface area contributed by atoms with Crippen molar-refractivity contribution >= 4 is 18.0 Å². The van der Waals surface area contributed by atoms with E-state index in [1.54, 1.807) is 0 Å². The van der Waals surface area contributed by atoms with Gasteiger partial charge in [0, 0.05) is 25.4 Å². The molecule has 3 N–H and O–H groups in total. The lowest BCUT2D eigenvalue weighted by atomic mass is 9.96. The van der Waals surface area contributed by atoms with Crippen molar-refractivity contribution in [1.82, 2.24) is 10.6 Å². The van der Waals surface area contributed by atoms with Gasteiger partial charge in [-0.05, 0) is 53.4 Å². The third-order valence-corrected chi connectivity index (χ3v) is 7.32. The molecule has 7 nitrogen and oxygen atoms in total. The van der Waals surface area contributed by atoms with Gasteiger partial charge in [0.25, 0.3) is 0 Å². The fourth-order valence-corrected chi connectivity index (χ4v) is 5.02. The molecule has 0 saturated heterocycles. The van der Waals surface area contributed by atoms with E-state index in [0.717, 1.165) is 19.3 Å². The highest BCUT2D eigenvalue weighted by atomic mass is 16.5. The molecule has 2 aliphatic carbocycles. The summed E-state index contributed by atoms with van der Waals surface area (Å²) in [6.45, 7) is 3.31. The molecule has 2 amide bonds. The average Bonchev–Trinajstić information content (AvgIpc) is 3.59. The number of carbonyl (C=O) groups is 3. The first-order valence-electron chi connectivity index (χ1n) is 12.6. The highest BCUT2D eigenvalue weighted by molar-refractivity contribution is 5.79. The number of nitrogens with one attached hydrogen (secondary N) is 2. The van der Waals surface area contributed by atoms with Crippen molar-refractivity contribution in [3.63, 3.8) is 0 Å². The third kappa shape index (κ3) is 6.21. The second kappa shape index (κ2) is 11.4. The Labute approximate surface area is 206 Å². The zero-order valence-corrected chi connectivity index (χ0v) is 20.2. The van der Waals surface area contributed by atoms with E-state index in [-0.39, 0.29) is 23.7 Å². The van der Waals surface area contributed by atoms with Crippen LogP contribution in [0, 0.1) is 17.8 Å². The highest BCUT2D eigenvalue weighted by Gasteiger charge is 2.42. The quantitative estimate of drug-likeness (QED) is 0.415. The summed E-state index contributed by atoms with van der Waals surface area (Å²) in [5.74, 6) is -0.690. The Bertz CT molecular complexity index is 1020. The summed E-state index contributed by atoms with van der Waals surface area (Å²) in [4.78, 5) is 35.3. The molecule has 0 aliphatic heterocycles. The minimum atomic E-state index is -0.779. The van der Waals surface area contributed by atoms with Crippen LogP contribution in [0.3, 0.4) is 0 Å². The molecule has 2 aromatic rings.